The molecule has 0 aliphatic rings. The summed E-state index contributed by atoms with van der Waals surface area (Å²) in [6.45, 7) is 22.9. The molecule has 464 valence electrons. The van der Waals surface area contributed by atoms with E-state index in [4.69, 9.17) is 0 Å². The molecule has 2 N–H and O–H groups in total. The Hall–Kier alpha value is -2.52. The molecule has 0 aliphatic carbocycles. The van der Waals surface area contributed by atoms with E-state index < -0.39 is 82.0 Å². The van der Waals surface area contributed by atoms with E-state index in [0.29, 0.717) is 37.8 Å². The highest BCUT2D eigenvalue weighted by molar-refractivity contribution is 6.79. The smallest absolute Gasteiger partial charge is 0.280 e. The lowest BCUT2D eigenvalue weighted by atomic mass is 9.16. The number of hydrogen-bond donors (Lipinski definition) is 1. The lowest BCUT2D eigenvalue weighted by molar-refractivity contribution is -0.808. The summed E-state index contributed by atoms with van der Waals surface area (Å²) >= 11 is 0. The van der Waals surface area contributed by atoms with Crippen LogP contribution in [0.15, 0.2) is 12.1 Å². The van der Waals surface area contributed by atoms with Crippen LogP contribution in [0.1, 0.15) is 255 Å². The average Bonchev–Trinajstić information content (AvgIpc) is 3.43. The predicted molar refractivity (Wildman–Crippen MR) is 303 cm³/mol. The Morgan fingerprint density at radius 1 is 0.380 bits per heavy atom. The molecule has 0 aromatic heterocycles. The van der Waals surface area contributed by atoms with Gasteiger partial charge in [-0.25, -0.2) is 35.1 Å². The van der Waals surface area contributed by atoms with Crippen molar-refractivity contribution in [2.24, 2.45) is 23.7 Å². The molecule has 0 spiro atoms. The van der Waals surface area contributed by atoms with Crippen LogP contribution in [0.2, 0.25) is 25.3 Å². The van der Waals surface area contributed by atoms with Gasteiger partial charge in [-0.3, -0.25) is 5.32 Å². The van der Waals surface area contributed by atoms with Crippen LogP contribution in [0.25, 0.3) is 11.1 Å². The van der Waals surface area contributed by atoms with Gasteiger partial charge < -0.3 is 0 Å². The fourth-order valence-electron chi connectivity index (χ4n) is 11.1. The maximum Gasteiger partial charge on any atom is 0.458 e. The Labute approximate surface area is 470 Å². The van der Waals surface area contributed by atoms with Crippen molar-refractivity contribution < 1.29 is 66.8 Å². The van der Waals surface area contributed by atoms with Crippen molar-refractivity contribution in [1.29, 1.82) is 0 Å². The second-order valence-corrected chi connectivity index (χ2v) is 23.1. The summed E-state index contributed by atoms with van der Waals surface area (Å²) in [5.74, 6) is -23.7. The highest BCUT2D eigenvalue weighted by atomic mass is 19.3. The van der Waals surface area contributed by atoms with Crippen LogP contribution in [0.3, 0.4) is 0 Å². The van der Waals surface area contributed by atoms with Gasteiger partial charge in [-0.15, -0.1) is 8.78 Å². The largest absolute Gasteiger partial charge is 0.458 e. The van der Waals surface area contributed by atoms with Gasteiger partial charge in [0.15, 0.2) is 40.7 Å². The molecule has 16 heteroatoms. The normalized spacial score (nSPS) is 14.5. The molecule has 0 saturated heterocycles. The third-order valence-electron chi connectivity index (χ3n) is 17.1. The number of rotatable bonds is 42. The van der Waals surface area contributed by atoms with Crippen molar-refractivity contribution in [2.45, 2.75) is 299 Å². The number of unbranched alkanes of at least 4 members (excludes halogenated alkanes) is 10. The van der Waals surface area contributed by atoms with E-state index in [1.54, 1.807) is 25.3 Å². The van der Waals surface area contributed by atoms with Gasteiger partial charge in [-0.2, -0.15) is 42.8 Å². The van der Waals surface area contributed by atoms with Gasteiger partial charge in [0.2, 0.25) is 5.82 Å². The van der Waals surface area contributed by atoms with E-state index >= 15 is 0 Å². The SMILES string of the molecule is CCCCC(CC)CC[B-](CCC(CC)CCCC)(CCC(CC)CCCC)CCC(CC)CCCC.CCCCCC[NH2+]C(F)(F)C(F)(F)C(F)(F)CCCCCC.Fc1ccc(-c2c(F)c(F)c(F)c(F)c2F)c(F)c1F. The van der Waals surface area contributed by atoms with E-state index in [1.165, 1.54) is 128 Å². The third kappa shape index (κ3) is 26.7. The first-order valence-electron chi connectivity index (χ1n) is 31.2. The Balaban J connectivity index is 0.00000123. The molecule has 2 aromatic rings. The average molecular weight is 1150 g/mol. The summed E-state index contributed by atoms with van der Waals surface area (Å²) in [7, 11) is 0. The first-order chi connectivity index (χ1) is 37.4. The fourth-order valence-corrected chi connectivity index (χ4v) is 11.1. The summed E-state index contributed by atoms with van der Waals surface area (Å²) in [5, 5.41) is 0.0581. The van der Waals surface area contributed by atoms with E-state index in [0.717, 1.165) is 42.9 Å². The number of hydrogen-bond acceptors (Lipinski definition) is 0. The van der Waals surface area contributed by atoms with E-state index in [1.807, 2.05) is 13.8 Å². The molecule has 2 aromatic carbocycles. The number of quaternary nitrogens is 1. The Morgan fingerprint density at radius 2 is 0.722 bits per heavy atom. The van der Waals surface area contributed by atoms with Gasteiger partial charge in [0.05, 0.1) is 12.1 Å². The lowest BCUT2D eigenvalue weighted by Gasteiger charge is -2.44. The molecular formula is C63H106BF14N. The van der Waals surface area contributed by atoms with Crippen LogP contribution in [-0.2, 0) is 0 Å². The predicted octanol–water partition coefficient (Wildman–Crippen LogP) is 23.3. The first-order valence-corrected chi connectivity index (χ1v) is 31.2. The topological polar surface area (TPSA) is 16.6 Å². The van der Waals surface area contributed by atoms with Crippen LogP contribution >= 0.6 is 0 Å². The Morgan fingerprint density at radius 3 is 1.06 bits per heavy atom. The summed E-state index contributed by atoms with van der Waals surface area (Å²) < 4.78 is 186. The molecule has 0 heterocycles. The monoisotopic (exact) mass is 1150 g/mol. The number of halogens is 14. The van der Waals surface area contributed by atoms with Crippen LogP contribution in [0.5, 0.6) is 0 Å². The Kier molecular flexibility index (Phi) is 40.2. The summed E-state index contributed by atoms with van der Waals surface area (Å²) in [6.07, 6.45) is 38.0. The molecule has 1 nitrogen and oxygen atoms in total. The molecule has 0 fully saturated rings. The fraction of sp³-hybridized carbons (Fsp3) is 0.810. The van der Waals surface area contributed by atoms with Crippen molar-refractivity contribution >= 4 is 6.15 Å². The minimum Gasteiger partial charge on any atom is -0.280 e. The number of benzene rings is 2. The summed E-state index contributed by atoms with van der Waals surface area (Å²) in [6, 6.07) is -4.12. The van der Waals surface area contributed by atoms with Gasteiger partial charge in [0.25, 0.3) is 0 Å². The molecule has 2 rings (SSSR count). The number of alkyl halides is 6. The Bertz CT molecular complexity index is 1760. The summed E-state index contributed by atoms with van der Waals surface area (Å²) in [4.78, 5) is 0. The lowest BCUT2D eigenvalue weighted by Crippen LogP contribution is -2.99. The van der Waals surface area contributed by atoms with E-state index in [9.17, 15) is 61.5 Å². The quantitative estimate of drug-likeness (QED) is 0.0170. The molecule has 4 unspecified atom stereocenters. The molecule has 0 saturated carbocycles. The van der Waals surface area contributed by atoms with Crippen LogP contribution in [-0.4, -0.2) is 30.6 Å². The van der Waals surface area contributed by atoms with Crippen LogP contribution < -0.4 is 5.32 Å². The van der Waals surface area contributed by atoms with Gasteiger partial charge in [0.1, 0.15) is 0 Å². The van der Waals surface area contributed by atoms with Gasteiger partial charge in [0, 0.05) is 18.1 Å². The first kappa shape index (κ1) is 76.5. The van der Waals surface area contributed by atoms with Crippen molar-refractivity contribution in [3.05, 3.63) is 58.7 Å². The molecule has 79 heavy (non-hydrogen) atoms. The van der Waals surface area contributed by atoms with Crippen molar-refractivity contribution in [3.63, 3.8) is 0 Å². The van der Waals surface area contributed by atoms with Crippen molar-refractivity contribution in [3.8, 4) is 11.1 Å². The van der Waals surface area contributed by atoms with Gasteiger partial charge in [-0.1, -0.05) is 230 Å². The second-order valence-electron chi connectivity index (χ2n) is 23.1. The minimum absolute atomic E-state index is 0.0581. The zero-order valence-electron chi connectivity index (χ0n) is 50.5. The van der Waals surface area contributed by atoms with E-state index in [-0.39, 0.29) is 24.4 Å². The number of nitrogens with two attached hydrogens (primary N) is 1. The van der Waals surface area contributed by atoms with Gasteiger partial charge in [-0.05, 0) is 55.1 Å². The maximum atomic E-state index is 13.5. The standard InChI is InChI=1S/C36H76B.C15H27F6N.C12H2F8/c1-9-17-21-33(13-5)25-29-37(30-26-34(14-6)22-18-10-2,31-27-35(15-7)23-19-11-3)32-28-36(16-8)24-20-12-4;1-3-5-7-9-11-13(16,17)14(18,19)15(20,21)22-12-10-8-6-4-2;13-4-2-1-3(6(14)7(4)15)5-8(16)10(18)12(20)11(19)9(5)17/h33-36H,9-32H2,1-8H3;22H,3-12H2,1-2H3;1-2H/q-1;;/p+1. The molecule has 0 radical (unpaired) electrons. The zero-order chi connectivity index (χ0) is 60.2. The second kappa shape index (κ2) is 41.5. The third-order valence-corrected chi connectivity index (χ3v) is 17.1. The minimum atomic E-state index is -5.34. The molecule has 0 aliphatic heterocycles. The maximum absolute atomic E-state index is 13.5. The van der Waals surface area contributed by atoms with Crippen molar-refractivity contribution in [2.75, 3.05) is 6.54 Å². The van der Waals surface area contributed by atoms with Crippen LogP contribution in [0.4, 0.5) is 61.5 Å². The van der Waals surface area contributed by atoms with E-state index in [2.05, 4.69) is 55.4 Å². The van der Waals surface area contributed by atoms with Crippen molar-refractivity contribution in [1.82, 2.24) is 0 Å². The molecule has 0 amide bonds. The highest BCUT2D eigenvalue weighted by Crippen LogP contribution is 2.46. The molecule has 0 bridgehead atoms. The molecular weight excluding hydrogens is 1050 g/mol. The van der Waals surface area contributed by atoms with Crippen LogP contribution in [0, 0.1) is 70.2 Å². The summed E-state index contributed by atoms with van der Waals surface area (Å²) in [5.41, 5.74) is -2.95. The highest BCUT2D eigenvalue weighted by Gasteiger charge is 2.74. The zero-order valence-corrected chi connectivity index (χ0v) is 50.5. The molecule has 4 atom stereocenters. The van der Waals surface area contributed by atoms with Gasteiger partial charge >= 0.3 is 17.9 Å².